The molecule has 1 aromatic rings. The van der Waals surface area contributed by atoms with Crippen LogP contribution in [0.4, 0.5) is 0 Å². The normalized spacial score (nSPS) is 19.9. The SMILES string of the molecule is CC(C)(C)c1nnc(CNC(=O)CC2COCCN2)s1. The Hall–Kier alpha value is -1.05. The number of ether oxygens (including phenoxy) is 1. The van der Waals surface area contributed by atoms with E-state index in [9.17, 15) is 4.79 Å². The van der Waals surface area contributed by atoms with Gasteiger partial charge in [-0.05, 0) is 0 Å². The maximum Gasteiger partial charge on any atom is 0.222 e. The summed E-state index contributed by atoms with van der Waals surface area (Å²) in [4.78, 5) is 11.8. The van der Waals surface area contributed by atoms with Gasteiger partial charge < -0.3 is 15.4 Å². The maximum absolute atomic E-state index is 11.8. The predicted octanol–water partition coefficient (Wildman–Crippen LogP) is 0.830. The molecule has 0 radical (unpaired) electrons. The van der Waals surface area contributed by atoms with Crippen LogP contribution in [0.1, 0.15) is 37.2 Å². The highest BCUT2D eigenvalue weighted by Gasteiger charge is 2.20. The Morgan fingerprint density at radius 3 is 2.90 bits per heavy atom. The van der Waals surface area contributed by atoms with E-state index in [0.29, 0.717) is 19.6 Å². The monoisotopic (exact) mass is 298 g/mol. The number of nitrogens with one attached hydrogen (secondary N) is 2. The predicted molar refractivity (Wildman–Crippen MR) is 77.7 cm³/mol. The maximum atomic E-state index is 11.8. The summed E-state index contributed by atoms with van der Waals surface area (Å²) in [6, 6.07) is 0.114. The molecule has 1 amide bonds. The van der Waals surface area contributed by atoms with Crippen molar-refractivity contribution in [3.63, 3.8) is 0 Å². The van der Waals surface area contributed by atoms with Crippen LogP contribution in [0.2, 0.25) is 0 Å². The highest BCUT2D eigenvalue weighted by molar-refractivity contribution is 7.11. The molecule has 0 aliphatic carbocycles. The summed E-state index contributed by atoms with van der Waals surface area (Å²) in [6.07, 6.45) is 0.435. The second-order valence-corrected chi connectivity index (χ2v) is 7.02. The van der Waals surface area contributed by atoms with Crippen LogP contribution in [-0.4, -0.2) is 41.9 Å². The van der Waals surface area contributed by atoms with Crippen LogP contribution in [0.15, 0.2) is 0 Å². The van der Waals surface area contributed by atoms with E-state index in [1.807, 2.05) is 0 Å². The lowest BCUT2D eigenvalue weighted by molar-refractivity contribution is -0.122. The second kappa shape index (κ2) is 6.60. The van der Waals surface area contributed by atoms with Crippen molar-refractivity contribution in [2.75, 3.05) is 19.8 Å². The van der Waals surface area contributed by atoms with Gasteiger partial charge in [0.15, 0.2) is 0 Å². The van der Waals surface area contributed by atoms with Gasteiger partial charge in [0.1, 0.15) is 10.0 Å². The van der Waals surface area contributed by atoms with Crippen molar-refractivity contribution in [3.8, 4) is 0 Å². The van der Waals surface area contributed by atoms with E-state index in [4.69, 9.17) is 4.74 Å². The molecule has 6 nitrogen and oxygen atoms in total. The zero-order chi connectivity index (χ0) is 14.6. The fraction of sp³-hybridized carbons (Fsp3) is 0.769. The lowest BCUT2D eigenvalue weighted by Gasteiger charge is -2.23. The third kappa shape index (κ3) is 4.50. The van der Waals surface area contributed by atoms with Crippen LogP contribution in [0, 0.1) is 0 Å². The summed E-state index contributed by atoms with van der Waals surface area (Å²) >= 11 is 1.55. The minimum absolute atomic E-state index is 0.00326. The zero-order valence-corrected chi connectivity index (χ0v) is 13.0. The molecule has 0 aromatic carbocycles. The number of hydrogen-bond donors (Lipinski definition) is 2. The molecular formula is C13H22N4O2S. The topological polar surface area (TPSA) is 76.1 Å². The number of amides is 1. The quantitative estimate of drug-likeness (QED) is 0.861. The van der Waals surface area contributed by atoms with Gasteiger partial charge in [-0.15, -0.1) is 10.2 Å². The van der Waals surface area contributed by atoms with Crippen molar-refractivity contribution in [1.82, 2.24) is 20.8 Å². The molecule has 0 saturated carbocycles. The minimum atomic E-state index is 0.00326. The summed E-state index contributed by atoms with van der Waals surface area (Å²) in [6.45, 7) is 8.88. The van der Waals surface area contributed by atoms with Crippen LogP contribution in [0.5, 0.6) is 0 Å². The van der Waals surface area contributed by atoms with Gasteiger partial charge in [0.2, 0.25) is 5.91 Å². The fourth-order valence-corrected chi connectivity index (χ4v) is 2.69. The first-order chi connectivity index (χ1) is 9.45. The first-order valence-corrected chi connectivity index (χ1v) is 7.67. The van der Waals surface area contributed by atoms with Gasteiger partial charge in [0, 0.05) is 24.4 Å². The van der Waals surface area contributed by atoms with Crippen LogP contribution in [-0.2, 0) is 21.5 Å². The number of hydrogen-bond acceptors (Lipinski definition) is 6. The number of nitrogens with zero attached hydrogens (tertiary/aromatic N) is 2. The molecule has 2 rings (SSSR count). The summed E-state index contributed by atoms with van der Waals surface area (Å²) in [5.74, 6) is 0.0144. The number of rotatable bonds is 4. The van der Waals surface area contributed by atoms with Crippen LogP contribution in [0.25, 0.3) is 0 Å². The van der Waals surface area contributed by atoms with E-state index >= 15 is 0 Å². The number of morpholine rings is 1. The summed E-state index contributed by atoms with van der Waals surface area (Å²) < 4.78 is 5.32. The van der Waals surface area contributed by atoms with Crippen molar-refractivity contribution in [2.24, 2.45) is 0 Å². The molecule has 1 aliphatic rings. The molecular weight excluding hydrogens is 276 g/mol. The van der Waals surface area contributed by atoms with Crippen LogP contribution in [0.3, 0.4) is 0 Å². The average molecular weight is 298 g/mol. The van der Waals surface area contributed by atoms with Crippen LogP contribution >= 0.6 is 11.3 Å². The smallest absolute Gasteiger partial charge is 0.222 e. The molecule has 1 unspecified atom stereocenters. The van der Waals surface area contributed by atoms with Gasteiger partial charge in [-0.25, -0.2) is 0 Å². The Balaban J connectivity index is 1.76. The van der Waals surface area contributed by atoms with E-state index in [1.165, 1.54) is 0 Å². The lowest BCUT2D eigenvalue weighted by Crippen LogP contribution is -2.44. The van der Waals surface area contributed by atoms with Gasteiger partial charge in [-0.3, -0.25) is 4.79 Å². The third-order valence-corrected chi connectivity index (χ3v) is 4.32. The molecule has 0 bridgehead atoms. The number of aromatic nitrogens is 2. The van der Waals surface area contributed by atoms with E-state index in [2.05, 4.69) is 41.6 Å². The highest BCUT2D eigenvalue weighted by Crippen LogP contribution is 2.25. The van der Waals surface area contributed by atoms with Crippen molar-refractivity contribution >= 4 is 17.2 Å². The molecule has 1 fully saturated rings. The molecule has 1 atom stereocenters. The van der Waals surface area contributed by atoms with E-state index in [0.717, 1.165) is 23.2 Å². The number of carbonyl (C=O) groups is 1. The Labute approximate surface area is 123 Å². The third-order valence-electron chi connectivity index (χ3n) is 2.98. The van der Waals surface area contributed by atoms with E-state index in [1.54, 1.807) is 11.3 Å². The molecule has 1 aliphatic heterocycles. The summed E-state index contributed by atoms with van der Waals surface area (Å²) in [7, 11) is 0. The van der Waals surface area contributed by atoms with E-state index < -0.39 is 0 Å². The van der Waals surface area contributed by atoms with Crippen molar-refractivity contribution in [1.29, 1.82) is 0 Å². The average Bonchev–Trinajstić information content (AvgIpc) is 2.86. The van der Waals surface area contributed by atoms with E-state index in [-0.39, 0.29) is 17.4 Å². The van der Waals surface area contributed by atoms with Gasteiger partial charge in [-0.2, -0.15) is 0 Å². The molecule has 0 spiro atoms. The number of carbonyl (C=O) groups excluding carboxylic acids is 1. The van der Waals surface area contributed by atoms with Gasteiger partial charge in [-0.1, -0.05) is 32.1 Å². The largest absolute Gasteiger partial charge is 0.378 e. The summed E-state index contributed by atoms with van der Waals surface area (Å²) in [5, 5.41) is 16.3. The minimum Gasteiger partial charge on any atom is -0.378 e. The Kier molecular flexibility index (Phi) is 5.06. The first-order valence-electron chi connectivity index (χ1n) is 6.86. The van der Waals surface area contributed by atoms with Crippen molar-refractivity contribution in [2.45, 2.75) is 45.2 Å². The van der Waals surface area contributed by atoms with Gasteiger partial charge >= 0.3 is 0 Å². The lowest BCUT2D eigenvalue weighted by atomic mass is 9.98. The fourth-order valence-electron chi connectivity index (χ4n) is 1.85. The Bertz CT molecular complexity index is 449. The standard InChI is InChI=1S/C13H22N4O2S/c1-13(2,3)12-17-16-11(20-12)7-15-10(18)6-9-8-19-5-4-14-9/h9,14H,4-8H2,1-3H3,(H,15,18). The first kappa shape index (κ1) is 15.3. The molecule has 1 saturated heterocycles. The molecule has 20 heavy (non-hydrogen) atoms. The summed E-state index contributed by atoms with van der Waals surface area (Å²) in [5.41, 5.74) is 0.00326. The molecule has 7 heteroatoms. The zero-order valence-electron chi connectivity index (χ0n) is 12.2. The second-order valence-electron chi connectivity index (χ2n) is 5.96. The molecule has 112 valence electrons. The van der Waals surface area contributed by atoms with Gasteiger partial charge in [0.05, 0.1) is 19.8 Å². The molecule has 2 N–H and O–H groups in total. The van der Waals surface area contributed by atoms with Crippen molar-refractivity contribution < 1.29 is 9.53 Å². The molecule has 1 aromatic heterocycles. The van der Waals surface area contributed by atoms with Gasteiger partial charge in [0.25, 0.3) is 0 Å². The Morgan fingerprint density at radius 2 is 2.30 bits per heavy atom. The molecule has 2 heterocycles. The van der Waals surface area contributed by atoms with Crippen molar-refractivity contribution in [3.05, 3.63) is 10.0 Å². The highest BCUT2D eigenvalue weighted by atomic mass is 32.1. The van der Waals surface area contributed by atoms with Crippen LogP contribution < -0.4 is 10.6 Å². The Morgan fingerprint density at radius 1 is 1.50 bits per heavy atom.